The van der Waals surface area contributed by atoms with E-state index in [-0.39, 0.29) is 36.4 Å². The normalized spacial score (nSPS) is 10.6. The molecule has 0 fully saturated rings. The number of carbonyl (C=O) groups excluding carboxylic acids is 1. The van der Waals surface area contributed by atoms with Crippen molar-refractivity contribution in [2.45, 2.75) is 27.3 Å². The van der Waals surface area contributed by atoms with Crippen molar-refractivity contribution in [3.63, 3.8) is 0 Å². The van der Waals surface area contributed by atoms with Gasteiger partial charge in [-0.2, -0.15) is 0 Å². The molecule has 0 spiro atoms. The molecule has 0 bridgehead atoms. The molecule has 2 N–H and O–H groups in total. The Balaban J connectivity index is 0.00000480. The van der Waals surface area contributed by atoms with Crippen LogP contribution in [0.4, 0.5) is 5.69 Å². The Hall–Kier alpha value is -2.49. The first-order valence-corrected chi connectivity index (χ1v) is 10.3. The molecule has 0 radical (unpaired) electrons. The number of aliphatic imine (C=N–C) groups is 1. The predicted octanol–water partition coefficient (Wildman–Crippen LogP) is 4.14. The number of halogens is 1. The maximum absolute atomic E-state index is 12.7. The van der Waals surface area contributed by atoms with Gasteiger partial charge in [0.2, 0.25) is 5.91 Å². The number of guanidine groups is 1. The van der Waals surface area contributed by atoms with Crippen molar-refractivity contribution in [1.82, 2.24) is 10.2 Å². The summed E-state index contributed by atoms with van der Waals surface area (Å²) in [6, 6.07) is 15.5. The molecule has 2 aromatic carbocycles. The Labute approximate surface area is 202 Å². The highest BCUT2D eigenvalue weighted by Crippen LogP contribution is 2.30. The number of hydrogen-bond acceptors (Lipinski definition) is 4. The number of ether oxygens (including phenoxy) is 2. The van der Waals surface area contributed by atoms with Gasteiger partial charge in [0.25, 0.3) is 0 Å². The summed E-state index contributed by atoms with van der Waals surface area (Å²) in [4.78, 5) is 18.9. The van der Waals surface area contributed by atoms with Gasteiger partial charge in [-0.3, -0.25) is 4.79 Å². The Morgan fingerprint density at radius 1 is 1.06 bits per heavy atom. The smallest absolute Gasteiger partial charge is 0.244 e. The number of nitrogens with one attached hydrogen (secondary N) is 2. The first kappa shape index (κ1) is 26.5. The summed E-state index contributed by atoms with van der Waals surface area (Å²) in [5.41, 5.74) is 1.89. The number of carbonyl (C=O) groups is 1. The van der Waals surface area contributed by atoms with E-state index in [9.17, 15) is 4.79 Å². The molecular weight excluding hydrogens is 507 g/mol. The lowest BCUT2D eigenvalue weighted by molar-refractivity contribution is -0.130. The Kier molecular flexibility index (Phi) is 12.4. The molecule has 8 heteroatoms. The first-order chi connectivity index (χ1) is 14.6. The molecule has 170 valence electrons. The van der Waals surface area contributed by atoms with E-state index in [0.29, 0.717) is 43.7 Å². The molecular formula is C23H33IN4O3. The van der Waals surface area contributed by atoms with E-state index >= 15 is 0 Å². The van der Waals surface area contributed by atoms with E-state index in [1.807, 2.05) is 69.3 Å². The van der Waals surface area contributed by atoms with Crippen LogP contribution in [0.1, 0.15) is 26.3 Å². The van der Waals surface area contributed by atoms with Gasteiger partial charge in [0.05, 0.1) is 13.7 Å². The molecule has 7 nitrogen and oxygen atoms in total. The molecule has 2 aromatic rings. The van der Waals surface area contributed by atoms with Crippen LogP contribution in [0.5, 0.6) is 11.5 Å². The van der Waals surface area contributed by atoms with E-state index in [4.69, 9.17) is 9.47 Å². The van der Waals surface area contributed by atoms with Crippen molar-refractivity contribution in [1.29, 1.82) is 0 Å². The molecule has 0 heterocycles. The number of benzene rings is 2. The maximum Gasteiger partial charge on any atom is 0.244 e. The van der Waals surface area contributed by atoms with Gasteiger partial charge in [-0.15, -0.1) is 24.0 Å². The summed E-state index contributed by atoms with van der Waals surface area (Å²) < 4.78 is 10.9. The quantitative estimate of drug-likeness (QED) is 0.269. The van der Waals surface area contributed by atoms with Crippen LogP contribution in [0.3, 0.4) is 0 Å². The van der Waals surface area contributed by atoms with E-state index in [1.165, 1.54) is 0 Å². The largest absolute Gasteiger partial charge is 0.493 e. The molecule has 0 saturated carbocycles. The predicted molar refractivity (Wildman–Crippen MR) is 137 cm³/mol. The number of amides is 1. The zero-order chi connectivity index (χ0) is 21.8. The fourth-order valence-corrected chi connectivity index (χ4v) is 2.89. The summed E-state index contributed by atoms with van der Waals surface area (Å²) in [5.74, 6) is 1.83. The molecule has 0 aliphatic rings. The van der Waals surface area contributed by atoms with Gasteiger partial charge >= 0.3 is 0 Å². The zero-order valence-electron chi connectivity index (χ0n) is 18.7. The number of likely N-dealkylation sites (N-methyl/N-ethyl adjacent to an activating group) is 1. The first-order valence-electron chi connectivity index (χ1n) is 10.3. The van der Waals surface area contributed by atoms with Gasteiger partial charge in [-0.25, -0.2) is 4.99 Å². The van der Waals surface area contributed by atoms with Crippen LogP contribution in [0, 0.1) is 0 Å². The Morgan fingerprint density at radius 3 is 2.42 bits per heavy atom. The van der Waals surface area contributed by atoms with Gasteiger partial charge in [0, 0.05) is 31.4 Å². The number of nitrogens with zero attached hydrogens (tertiary/aromatic N) is 2. The topological polar surface area (TPSA) is 75.2 Å². The fourth-order valence-electron chi connectivity index (χ4n) is 2.89. The molecule has 0 aliphatic heterocycles. The standard InChI is InChI=1S/C23H32N4O3.HI/c1-5-24-23(26-19-13-14-20(30-7-3)21(15-19)29-4)25-16-22(28)27(6-2)17-18-11-9-8-10-12-18;/h8-15H,5-7,16-17H2,1-4H3,(H2,24,25,26);1H. The fraction of sp³-hybridized carbons (Fsp3) is 0.391. The van der Waals surface area contributed by atoms with Crippen molar-refractivity contribution >= 4 is 41.5 Å². The molecule has 31 heavy (non-hydrogen) atoms. The van der Waals surface area contributed by atoms with Gasteiger partial charge in [-0.1, -0.05) is 30.3 Å². The summed E-state index contributed by atoms with van der Waals surface area (Å²) in [5, 5.41) is 6.39. The number of anilines is 1. The van der Waals surface area contributed by atoms with E-state index in [1.54, 1.807) is 12.0 Å². The Morgan fingerprint density at radius 2 is 1.81 bits per heavy atom. The monoisotopic (exact) mass is 540 g/mol. The SMILES string of the molecule is CCNC(=NCC(=O)N(CC)Cc1ccccc1)Nc1ccc(OCC)c(OC)c1.I. The molecule has 1 amide bonds. The van der Waals surface area contributed by atoms with Crippen LogP contribution < -0.4 is 20.1 Å². The summed E-state index contributed by atoms with van der Waals surface area (Å²) in [7, 11) is 1.60. The van der Waals surface area contributed by atoms with Crippen LogP contribution in [0.15, 0.2) is 53.5 Å². The molecule has 2 rings (SSSR count). The maximum atomic E-state index is 12.7. The van der Waals surface area contributed by atoms with Gasteiger partial charge in [-0.05, 0) is 38.5 Å². The molecule has 0 atom stereocenters. The van der Waals surface area contributed by atoms with Crippen LogP contribution in [0.25, 0.3) is 0 Å². The zero-order valence-corrected chi connectivity index (χ0v) is 21.0. The molecule has 0 saturated heterocycles. The van der Waals surface area contributed by atoms with Crippen LogP contribution in [0.2, 0.25) is 0 Å². The number of rotatable bonds is 10. The third-order valence-corrected chi connectivity index (χ3v) is 4.39. The van der Waals surface area contributed by atoms with Crippen LogP contribution >= 0.6 is 24.0 Å². The summed E-state index contributed by atoms with van der Waals surface area (Å²) >= 11 is 0. The minimum Gasteiger partial charge on any atom is -0.493 e. The number of hydrogen-bond donors (Lipinski definition) is 2. The summed E-state index contributed by atoms with van der Waals surface area (Å²) in [6.45, 7) is 8.38. The lowest BCUT2D eigenvalue weighted by Gasteiger charge is -2.20. The highest BCUT2D eigenvalue weighted by atomic mass is 127. The van der Waals surface area contributed by atoms with Crippen LogP contribution in [-0.2, 0) is 11.3 Å². The minimum atomic E-state index is -0.0252. The average molecular weight is 540 g/mol. The van der Waals surface area contributed by atoms with Crippen molar-refractivity contribution in [3.05, 3.63) is 54.1 Å². The van der Waals surface area contributed by atoms with Crippen molar-refractivity contribution in [2.24, 2.45) is 4.99 Å². The average Bonchev–Trinajstić information content (AvgIpc) is 2.77. The van der Waals surface area contributed by atoms with Crippen molar-refractivity contribution in [2.75, 3.05) is 38.7 Å². The lowest BCUT2D eigenvalue weighted by atomic mass is 10.2. The molecule has 0 unspecified atom stereocenters. The lowest BCUT2D eigenvalue weighted by Crippen LogP contribution is -2.35. The third-order valence-electron chi connectivity index (χ3n) is 4.39. The molecule has 0 aliphatic carbocycles. The highest BCUT2D eigenvalue weighted by Gasteiger charge is 2.12. The molecule has 0 aromatic heterocycles. The van der Waals surface area contributed by atoms with E-state index in [0.717, 1.165) is 11.3 Å². The third kappa shape index (κ3) is 8.64. The van der Waals surface area contributed by atoms with Crippen molar-refractivity contribution < 1.29 is 14.3 Å². The number of methoxy groups -OCH3 is 1. The summed E-state index contributed by atoms with van der Waals surface area (Å²) in [6.07, 6.45) is 0. The Bertz CT molecular complexity index is 831. The van der Waals surface area contributed by atoms with Crippen LogP contribution in [-0.4, -0.2) is 50.1 Å². The second-order valence-electron chi connectivity index (χ2n) is 6.51. The van der Waals surface area contributed by atoms with E-state index in [2.05, 4.69) is 15.6 Å². The van der Waals surface area contributed by atoms with Gasteiger partial charge in [0.1, 0.15) is 6.54 Å². The van der Waals surface area contributed by atoms with Crippen molar-refractivity contribution in [3.8, 4) is 11.5 Å². The van der Waals surface area contributed by atoms with E-state index < -0.39 is 0 Å². The highest BCUT2D eigenvalue weighted by molar-refractivity contribution is 14.0. The minimum absolute atomic E-state index is 0. The van der Waals surface area contributed by atoms with Gasteiger partial charge in [0.15, 0.2) is 17.5 Å². The second kappa shape index (κ2) is 14.5. The second-order valence-corrected chi connectivity index (χ2v) is 6.51. The van der Waals surface area contributed by atoms with Gasteiger partial charge < -0.3 is 25.0 Å².